The quantitative estimate of drug-likeness (QED) is 0.836. The number of halogens is 1. The van der Waals surface area contributed by atoms with Crippen LogP contribution in [0, 0.1) is 12.7 Å². The lowest BCUT2D eigenvalue weighted by molar-refractivity contribution is 0.138. The summed E-state index contributed by atoms with van der Waals surface area (Å²) in [5, 5.41) is 0. The van der Waals surface area contributed by atoms with Gasteiger partial charge in [-0.1, -0.05) is 6.07 Å². The lowest BCUT2D eigenvalue weighted by Gasteiger charge is -2.27. The number of benzene rings is 1. The summed E-state index contributed by atoms with van der Waals surface area (Å²) in [6.07, 6.45) is 3.99. The van der Waals surface area contributed by atoms with Crippen LogP contribution in [0.2, 0.25) is 0 Å². The van der Waals surface area contributed by atoms with Crippen molar-refractivity contribution in [3.8, 4) is 5.75 Å². The maximum absolute atomic E-state index is 13.5. The van der Waals surface area contributed by atoms with Gasteiger partial charge in [-0.15, -0.1) is 0 Å². The molecule has 1 aromatic rings. The van der Waals surface area contributed by atoms with Crippen molar-refractivity contribution in [2.75, 3.05) is 0 Å². The molecular weight excluding hydrogens is 205 g/mol. The molecule has 0 radical (unpaired) electrons. The Hall–Kier alpha value is -1.09. The second-order valence-electron chi connectivity index (χ2n) is 4.60. The molecule has 0 spiro atoms. The van der Waals surface area contributed by atoms with Gasteiger partial charge in [-0.25, -0.2) is 4.39 Å². The fourth-order valence-corrected chi connectivity index (χ4v) is 2.17. The topological polar surface area (TPSA) is 35.2 Å². The van der Waals surface area contributed by atoms with Crippen LogP contribution in [0.25, 0.3) is 0 Å². The molecule has 3 heteroatoms. The maximum Gasteiger partial charge on any atom is 0.165 e. The first-order valence-electron chi connectivity index (χ1n) is 5.83. The monoisotopic (exact) mass is 223 g/mol. The van der Waals surface area contributed by atoms with Crippen LogP contribution >= 0.6 is 0 Å². The average molecular weight is 223 g/mol. The highest BCUT2D eigenvalue weighted by atomic mass is 19.1. The van der Waals surface area contributed by atoms with Crippen molar-refractivity contribution in [2.45, 2.75) is 44.8 Å². The first-order chi connectivity index (χ1) is 7.65. The van der Waals surface area contributed by atoms with E-state index in [2.05, 4.69) is 0 Å². The van der Waals surface area contributed by atoms with Crippen LogP contribution in [0.4, 0.5) is 4.39 Å². The lowest BCUT2D eigenvalue weighted by Crippen LogP contribution is -2.33. The maximum atomic E-state index is 13.5. The molecule has 0 heterocycles. The Balaban J connectivity index is 2.05. The Morgan fingerprint density at radius 2 is 2.19 bits per heavy atom. The van der Waals surface area contributed by atoms with E-state index in [1.807, 2.05) is 6.92 Å². The largest absolute Gasteiger partial charge is 0.487 e. The van der Waals surface area contributed by atoms with E-state index in [1.54, 1.807) is 12.1 Å². The SMILES string of the molecule is Cc1ccc(F)c(OC2CCCC(N)C2)c1. The Labute approximate surface area is 95.6 Å². The highest BCUT2D eigenvalue weighted by molar-refractivity contribution is 5.29. The average Bonchev–Trinajstić information content (AvgIpc) is 2.24. The molecule has 0 amide bonds. The summed E-state index contributed by atoms with van der Waals surface area (Å²) in [6.45, 7) is 1.93. The van der Waals surface area contributed by atoms with Gasteiger partial charge in [0.05, 0.1) is 0 Å². The van der Waals surface area contributed by atoms with Crippen molar-refractivity contribution in [2.24, 2.45) is 5.73 Å². The highest BCUT2D eigenvalue weighted by Crippen LogP contribution is 2.25. The molecule has 0 aromatic heterocycles. The van der Waals surface area contributed by atoms with Gasteiger partial charge in [-0.05, 0) is 50.3 Å². The molecule has 2 N–H and O–H groups in total. The van der Waals surface area contributed by atoms with E-state index >= 15 is 0 Å². The van der Waals surface area contributed by atoms with Crippen molar-refractivity contribution in [3.05, 3.63) is 29.6 Å². The minimum absolute atomic E-state index is 0.0695. The molecular formula is C13H18FNO. The third-order valence-corrected chi connectivity index (χ3v) is 3.05. The van der Waals surface area contributed by atoms with Gasteiger partial charge in [-0.2, -0.15) is 0 Å². The third kappa shape index (κ3) is 2.73. The van der Waals surface area contributed by atoms with Gasteiger partial charge in [0.15, 0.2) is 11.6 Å². The molecule has 0 bridgehead atoms. The van der Waals surface area contributed by atoms with Gasteiger partial charge in [0.2, 0.25) is 0 Å². The fourth-order valence-electron chi connectivity index (χ4n) is 2.17. The van der Waals surface area contributed by atoms with E-state index in [-0.39, 0.29) is 18.0 Å². The molecule has 1 fully saturated rings. The van der Waals surface area contributed by atoms with Crippen LogP contribution in [-0.2, 0) is 0 Å². The Morgan fingerprint density at radius 3 is 2.94 bits per heavy atom. The van der Waals surface area contributed by atoms with Gasteiger partial charge in [0.1, 0.15) is 6.10 Å². The summed E-state index contributed by atoms with van der Waals surface area (Å²) in [6, 6.07) is 5.14. The zero-order chi connectivity index (χ0) is 11.5. The van der Waals surface area contributed by atoms with Crippen molar-refractivity contribution in [1.29, 1.82) is 0 Å². The minimum Gasteiger partial charge on any atom is -0.487 e. The smallest absolute Gasteiger partial charge is 0.165 e. The molecule has 2 rings (SSSR count). The number of rotatable bonds is 2. The molecule has 0 aliphatic heterocycles. The predicted molar refractivity (Wildman–Crippen MR) is 62.0 cm³/mol. The van der Waals surface area contributed by atoms with E-state index in [9.17, 15) is 4.39 Å². The molecule has 1 aliphatic rings. The van der Waals surface area contributed by atoms with E-state index < -0.39 is 0 Å². The summed E-state index contributed by atoms with van der Waals surface area (Å²) < 4.78 is 19.1. The standard InChI is InChI=1S/C13H18FNO/c1-9-5-6-12(14)13(7-9)16-11-4-2-3-10(15)8-11/h5-7,10-11H,2-4,8,15H2,1H3. The van der Waals surface area contributed by atoms with Crippen LogP contribution in [0.3, 0.4) is 0 Å². The van der Waals surface area contributed by atoms with Crippen LogP contribution in [0.5, 0.6) is 5.75 Å². The molecule has 0 saturated heterocycles. The second-order valence-corrected chi connectivity index (χ2v) is 4.60. The van der Waals surface area contributed by atoms with E-state index in [4.69, 9.17) is 10.5 Å². The summed E-state index contributed by atoms with van der Waals surface area (Å²) >= 11 is 0. The van der Waals surface area contributed by atoms with Crippen LogP contribution in [0.1, 0.15) is 31.2 Å². The number of hydrogen-bond donors (Lipinski definition) is 1. The third-order valence-electron chi connectivity index (χ3n) is 3.05. The van der Waals surface area contributed by atoms with Crippen LogP contribution in [0.15, 0.2) is 18.2 Å². The van der Waals surface area contributed by atoms with E-state index in [1.165, 1.54) is 6.07 Å². The van der Waals surface area contributed by atoms with Crippen LogP contribution < -0.4 is 10.5 Å². The number of nitrogens with two attached hydrogens (primary N) is 1. The normalized spacial score (nSPS) is 25.4. The number of hydrogen-bond acceptors (Lipinski definition) is 2. The zero-order valence-corrected chi connectivity index (χ0v) is 9.58. The van der Waals surface area contributed by atoms with E-state index in [0.717, 1.165) is 31.2 Å². The predicted octanol–water partition coefficient (Wildman–Crippen LogP) is 2.78. The van der Waals surface area contributed by atoms with Crippen molar-refractivity contribution < 1.29 is 9.13 Å². The highest BCUT2D eigenvalue weighted by Gasteiger charge is 2.21. The Kier molecular flexibility index (Phi) is 3.44. The molecule has 1 aliphatic carbocycles. The molecule has 88 valence electrons. The lowest BCUT2D eigenvalue weighted by atomic mass is 9.93. The van der Waals surface area contributed by atoms with Crippen LogP contribution in [-0.4, -0.2) is 12.1 Å². The first-order valence-corrected chi connectivity index (χ1v) is 5.83. The van der Waals surface area contributed by atoms with Crippen molar-refractivity contribution in [1.82, 2.24) is 0 Å². The zero-order valence-electron chi connectivity index (χ0n) is 9.58. The second kappa shape index (κ2) is 4.83. The molecule has 2 atom stereocenters. The van der Waals surface area contributed by atoms with Crippen molar-refractivity contribution in [3.63, 3.8) is 0 Å². The van der Waals surface area contributed by atoms with Gasteiger partial charge in [-0.3, -0.25) is 0 Å². The van der Waals surface area contributed by atoms with Gasteiger partial charge < -0.3 is 10.5 Å². The summed E-state index contributed by atoms with van der Waals surface area (Å²) in [7, 11) is 0. The van der Waals surface area contributed by atoms with Gasteiger partial charge in [0.25, 0.3) is 0 Å². The summed E-state index contributed by atoms with van der Waals surface area (Å²) in [5.41, 5.74) is 6.88. The number of aryl methyl sites for hydroxylation is 1. The molecule has 1 aromatic carbocycles. The molecule has 2 nitrogen and oxygen atoms in total. The molecule has 2 unspecified atom stereocenters. The van der Waals surface area contributed by atoms with E-state index in [0.29, 0.717) is 5.75 Å². The summed E-state index contributed by atoms with van der Waals surface area (Å²) in [4.78, 5) is 0. The fraction of sp³-hybridized carbons (Fsp3) is 0.538. The summed E-state index contributed by atoms with van der Waals surface area (Å²) in [5.74, 6) is 0.0730. The Bertz CT molecular complexity index is 367. The van der Waals surface area contributed by atoms with Crippen molar-refractivity contribution >= 4 is 0 Å². The van der Waals surface area contributed by atoms with Gasteiger partial charge >= 0.3 is 0 Å². The molecule has 1 saturated carbocycles. The minimum atomic E-state index is -0.287. The molecule has 16 heavy (non-hydrogen) atoms. The van der Waals surface area contributed by atoms with Gasteiger partial charge in [0, 0.05) is 6.04 Å². The Morgan fingerprint density at radius 1 is 1.38 bits per heavy atom. The first kappa shape index (κ1) is 11.4. The number of ether oxygens (including phenoxy) is 1.